The van der Waals surface area contributed by atoms with Crippen molar-refractivity contribution in [2.75, 3.05) is 7.05 Å². The minimum atomic E-state index is 0.352. The van der Waals surface area contributed by atoms with Crippen LogP contribution in [-0.2, 0) is 7.05 Å². The van der Waals surface area contributed by atoms with E-state index < -0.39 is 0 Å². The van der Waals surface area contributed by atoms with Crippen LogP contribution in [0.25, 0.3) is 0 Å². The van der Waals surface area contributed by atoms with Crippen molar-refractivity contribution in [1.82, 2.24) is 15.1 Å². The molecule has 0 amide bonds. The van der Waals surface area contributed by atoms with Gasteiger partial charge in [0.2, 0.25) is 0 Å². The van der Waals surface area contributed by atoms with Gasteiger partial charge in [-0.1, -0.05) is 18.5 Å². The molecule has 4 heteroatoms. The molecule has 1 fully saturated rings. The molecule has 0 radical (unpaired) electrons. The molecule has 1 heterocycles. The van der Waals surface area contributed by atoms with Gasteiger partial charge in [-0.25, -0.2) is 0 Å². The van der Waals surface area contributed by atoms with Gasteiger partial charge in [-0.05, 0) is 25.3 Å². The second-order valence-electron chi connectivity index (χ2n) is 4.14. The minimum Gasteiger partial charge on any atom is -0.311 e. The Morgan fingerprint density at radius 2 is 2.36 bits per heavy atom. The van der Waals surface area contributed by atoms with E-state index in [-0.39, 0.29) is 0 Å². The van der Waals surface area contributed by atoms with Crippen LogP contribution >= 0.6 is 11.6 Å². The maximum atomic E-state index is 6.11. The zero-order valence-corrected chi connectivity index (χ0v) is 9.54. The van der Waals surface area contributed by atoms with Crippen LogP contribution < -0.4 is 5.32 Å². The van der Waals surface area contributed by atoms with Gasteiger partial charge in [0.05, 0.1) is 23.0 Å². The molecule has 0 spiro atoms. The van der Waals surface area contributed by atoms with E-state index in [0.29, 0.717) is 12.0 Å². The molecule has 1 aliphatic carbocycles. The van der Waals surface area contributed by atoms with Gasteiger partial charge < -0.3 is 5.32 Å². The Balaban J connectivity index is 2.27. The Hall–Kier alpha value is -0.540. The van der Waals surface area contributed by atoms with Crippen molar-refractivity contribution in [3.63, 3.8) is 0 Å². The molecule has 1 aromatic heterocycles. The third-order valence-electron chi connectivity index (χ3n) is 3.14. The van der Waals surface area contributed by atoms with Gasteiger partial charge in [0.15, 0.2) is 0 Å². The summed E-state index contributed by atoms with van der Waals surface area (Å²) >= 11 is 6.11. The highest BCUT2D eigenvalue weighted by molar-refractivity contribution is 6.31. The number of nitrogens with zero attached hydrogens (tertiary/aromatic N) is 2. The first-order chi connectivity index (χ1) is 6.65. The van der Waals surface area contributed by atoms with Gasteiger partial charge >= 0.3 is 0 Å². The standard InChI is InChI=1S/C10H16ClN3/c1-6-4-7(6)9(12-2)10-8(11)5-13-14(10)3/h5-7,9,12H,4H2,1-3H3. The van der Waals surface area contributed by atoms with E-state index in [4.69, 9.17) is 11.6 Å². The summed E-state index contributed by atoms with van der Waals surface area (Å²) in [7, 11) is 3.93. The fourth-order valence-corrected chi connectivity index (χ4v) is 2.42. The normalized spacial score (nSPS) is 27.7. The van der Waals surface area contributed by atoms with Gasteiger partial charge in [-0.2, -0.15) is 5.10 Å². The Morgan fingerprint density at radius 3 is 2.71 bits per heavy atom. The van der Waals surface area contributed by atoms with E-state index in [0.717, 1.165) is 16.6 Å². The number of hydrogen-bond donors (Lipinski definition) is 1. The van der Waals surface area contributed by atoms with Gasteiger partial charge in [0.1, 0.15) is 0 Å². The lowest BCUT2D eigenvalue weighted by atomic mass is 10.1. The van der Waals surface area contributed by atoms with Crippen LogP contribution in [0, 0.1) is 11.8 Å². The predicted octanol–water partition coefficient (Wildman–Crippen LogP) is 1.99. The van der Waals surface area contributed by atoms with Gasteiger partial charge in [-0.3, -0.25) is 4.68 Å². The lowest BCUT2D eigenvalue weighted by Crippen LogP contribution is -2.22. The number of aryl methyl sites for hydroxylation is 1. The molecule has 3 nitrogen and oxygen atoms in total. The van der Waals surface area contributed by atoms with E-state index in [2.05, 4.69) is 17.3 Å². The summed E-state index contributed by atoms with van der Waals surface area (Å²) in [4.78, 5) is 0. The molecule has 3 atom stereocenters. The molecule has 0 aromatic carbocycles. The van der Waals surface area contributed by atoms with Crippen molar-refractivity contribution in [2.24, 2.45) is 18.9 Å². The lowest BCUT2D eigenvalue weighted by molar-refractivity contribution is 0.469. The van der Waals surface area contributed by atoms with Crippen LogP contribution in [0.1, 0.15) is 25.1 Å². The molecule has 3 unspecified atom stereocenters. The fourth-order valence-electron chi connectivity index (χ4n) is 2.14. The first kappa shape index (κ1) is 9.99. The number of nitrogens with one attached hydrogen (secondary N) is 1. The highest BCUT2D eigenvalue weighted by atomic mass is 35.5. The van der Waals surface area contributed by atoms with Crippen LogP contribution in [0.4, 0.5) is 0 Å². The van der Waals surface area contributed by atoms with Crippen molar-refractivity contribution in [3.8, 4) is 0 Å². The highest BCUT2D eigenvalue weighted by Crippen LogP contribution is 2.47. The Labute approximate surface area is 89.4 Å². The third kappa shape index (κ3) is 1.55. The molecule has 1 aliphatic rings. The van der Waals surface area contributed by atoms with E-state index in [1.165, 1.54) is 6.42 Å². The largest absolute Gasteiger partial charge is 0.311 e. The van der Waals surface area contributed by atoms with E-state index in [9.17, 15) is 0 Å². The van der Waals surface area contributed by atoms with Crippen molar-refractivity contribution >= 4 is 11.6 Å². The van der Waals surface area contributed by atoms with Crippen LogP contribution in [0.2, 0.25) is 5.02 Å². The number of rotatable bonds is 3. The van der Waals surface area contributed by atoms with Crippen molar-refractivity contribution < 1.29 is 0 Å². The molecule has 14 heavy (non-hydrogen) atoms. The summed E-state index contributed by atoms with van der Waals surface area (Å²) in [5, 5.41) is 8.27. The molecule has 78 valence electrons. The summed E-state index contributed by atoms with van der Waals surface area (Å²) in [6, 6.07) is 0.352. The third-order valence-corrected chi connectivity index (χ3v) is 3.43. The smallest absolute Gasteiger partial charge is 0.0834 e. The van der Waals surface area contributed by atoms with Crippen LogP contribution in [0.3, 0.4) is 0 Å². The Morgan fingerprint density at radius 1 is 1.71 bits per heavy atom. The molecular formula is C10H16ClN3. The maximum absolute atomic E-state index is 6.11. The summed E-state index contributed by atoms with van der Waals surface area (Å²) < 4.78 is 1.87. The zero-order chi connectivity index (χ0) is 10.3. The molecule has 0 saturated heterocycles. The second-order valence-corrected chi connectivity index (χ2v) is 4.55. The molecule has 2 rings (SSSR count). The SMILES string of the molecule is CNC(c1c(Cl)cnn1C)C1CC1C. The Bertz CT molecular complexity index is 315. The molecule has 0 bridgehead atoms. The lowest BCUT2D eigenvalue weighted by Gasteiger charge is -2.16. The van der Waals surface area contributed by atoms with Crippen molar-refractivity contribution in [3.05, 3.63) is 16.9 Å². The van der Waals surface area contributed by atoms with Crippen LogP contribution in [-0.4, -0.2) is 16.8 Å². The molecule has 1 saturated carbocycles. The average Bonchev–Trinajstić information content (AvgIpc) is 2.78. The average molecular weight is 214 g/mol. The molecular weight excluding hydrogens is 198 g/mol. The first-order valence-corrected chi connectivity index (χ1v) is 5.37. The summed E-state index contributed by atoms with van der Waals surface area (Å²) in [6.07, 6.45) is 3.00. The fraction of sp³-hybridized carbons (Fsp3) is 0.700. The topological polar surface area (TPSA) is 29.9 Å². The predicted molar refractivity (Wildman–Crippen MR) is 57.3 cm³/mol. The summed E-state index contributed by atoms with van der Waals surface area (Å²) in [5.41, 5.74) is 1.11. The second kappa shape index (κ2) is 3.55. The van der Waals surface area contributed by atoms with Crippen molar-refractivity contribution in [2.45, 2.75) is 19.4 Å². The van der Waals surface area contributed by atoms with Gasteiger partial charge in [0.25, 0.3) is 0 Å². The van der Waals surface area contributed by atoms with E-state index >= 15 is 0 Å². The number of hydrogen-bond acceptors (Lipinski definition) is 2. The maximum Gasteiger partial charge on any atom is 0.0834 e. The zero-order valence-electron chi connectivity index (χ0n) is 8.79. The van der Waals surface area contributed by atoms with E-state index in [1.807, 2.05) is 18.8 Å². The van der Waals surface area contributed by atoms with Crippen LogP contribution in [0.5, 0.6) is 0 Å². The quantitative estimate of drug-likeness (QED) is 0.833. The monoisotopic (exact) mass is 213 g/mol. The first-order valence-electron chi connectivity index (χ1n) is 4.99. The molecule has 0 aliphatic heterocycles. The van der Waals surface area contributed by atoms with Crippen LogP contribution in [0.15, 0.2) is 6.20 Å². The minimum absolute atomic E-state index is 0.352. The molecule has 1 N–H and O–H groups in total. The van der Waals surface area contributed by atoms with Gasteiger partial charge in [0, 0.05) is 7.05 Å². The number of aromatic nitrogens is 2. The van der Waals surface area contributed by atoms with Crippen molar-refractivity contribution in [1.29, 1.82) is 0 Å². The molecule has 1 aromatic rings. The highest BCUT2D eigenvalue weighted by Gasteiger charge is 2.41. The van der Waals surface area contributed by atoms with E-state index in [1.54, 1.807) is 6.20 Å². The van der Waals surface area contributed by atoms with Gasteiger partial charge in [-0.15, -0.1) is 0 Å². The Kier molecular flexibility index (Phi) is 2.54. The summed E-state index contributed by atoms with van der Waals surface area (Å²) in [5.74, 6) is 1.52. The number of halogens is 1. The summed E-state index contributed by atoms with van der Waals surface area (Å²) in [6.45, 7) is 2.28.